The van der Waals surface area contributed by atoms with E-state index in [4.69, 9.17) is 4.55 Å². The second-order valence-electron chi connectivity index (χ2n) is 4.06. The number of nitrogens with one attached hydrogen (secondary N) is 1. The van der Waals surface area contributed by atoms with Gasteiger partial charge in [0.1, 0.15) is 5.69 Å². The smallest absolute Gasteiger partial charge is 0.306 e. The fraction of sp³-hybridized carbons (Fsp3) is 0.273. The van der Waals surface area contributed by atoms with Crippen molar-refractivity contribution >= 4 is 27.7 Å². The zero-order chi connectivity index (χ0) is 17.9. The predicted molar refractivity (Wildman–Crippen MR) is 66.0 cm³/mol. The first-order valence-electron chi connectivity index (χ1n) is 5.70. The fourth-order valence-electron chi connectivity index (χ4n) is 1.47. The molecule has 1 aromatic carbocycles. The average molecular weight is 359 g/mol. The summed E-state index contributed by atoms with van der Waals surface area (Å²) < 4.78 is 88.4. The lowest BCUT2D eigenvalue weighted by molar-refractivity contribution is -0.141. The monoisotopic (exact) mass is 359 g/mol. The molecule has 7 nitrogen and oxygen atoms in total. The number of rotatable bonds is 5. The van der Waals surface area contributed by atoms with Crippen LogP contribution in [-0.2, 0) is 24.4 Å². The first-order valence-corrected chi connectivity index (χ1v) is 7.14. The van der Waals surface area contributed by atoms with Gasteiger partial charge in [0.15, 0.2) is 28.2 Å². The van der Waals surface area contributed by atoms with Crippen LogP contribution in [0.1, 0.15) is 12.8 Å². The lowest BCUT2D eigenvalue weighted by atomic mass is 10.2. The number of methoxy groups -OCH3 is 1. The standard InChI is InChI=1S/C11H9F4NO6S/c1-22-5(18)3-2-4(17)16-10-6(12)8(14)11(23(19,20)21)9(15)7(10)13/h2-3H2,1H3,(H,16,17)(H,19,20,21). The number of hydrogen-bond donors (Lipinski definition) is 2. The molecule has 0 spiro atoms. The molecule has 0 aliphatic heterocycles. The molecule has 12 heteroatoms. The summed E-state index contributed by atoms with van der Waals surface area (Å²) in [5.41, 5.74) is -1.60. The highest BCUT2D eigenvalue weighted by atomic mass is 32.2. The van der Waals surface area contributed by atoms with E-state index >= 15 is 0 Å². The number of ether oxygens (including phenoxy) is 1. The van der Waals surface area contributed by atoms with E-state index < -0.39 is 68.7 Å². The van der Waals surface area contributed by atoms with Crippen LogP contribution in [0.3, 0.4) is 0 Å². The van der Waals surface area contributed by atoms with Crippen molar-refractivity contribution < 1.29 is 44.9 Å². The van der Waals surface area contributed by atoms with Gasteiger partial charge < -0.3 is 10.1 Å². The summed E-state index contributed by atoms with van der Waals surface area (Å²) in [4.78, 5) is 20.0. The molecule has 128 valence electrons. The molecule has 0 saturated heterocycles. The van der Waals surface area contributed by atoms with E-state index in [0.29, 0.717) is 0 Å². The van der Waals surface area contributed by atoms with E-state index in [-0.39, 0.29) is 0 Å². The van der Waals surface area contributed by atoms with Gasteiger partial charge in [-0.15, -0.1) is 0 Å². The Labute approximate surface area is 127 Å². The van der Waals surface area contributed by atoms with Gasteiger partial charge in [-0.05, 0) is 0 Å². The van der Waals surface area contributed by atoms with Gasteiger partial charge in [0.2, 0.25) is 5.91 Å². The molecule has 1 amide bonds. The first kappa shape index (κ1) is 18.8. The predicted octanol–water partition coefficient (Wildman–Crippen LogP) is 1.38. The zero-order valence-corrected chi connectivity index (χ0v) is 12.1. The Bertz CT molecular complexity index is 735. The number of carbonyl (C=O) groups is 2. The number of carbonyl (C=O) groups excluding carboxylic acids is 2. The molecule has 0 atom stereocenters. The summed E-state index contributed by atoms with van der Waals surface area (Å²) in [6.07, 6.45) is -1.09. The third-order valence-electron chi connectivity index (χ3n) is 2.53. The average Bonchev–Trinajstić information content (AvgIpc) is 2.45. The molecule has 0 aliphatic carbocycles. The van der Waals surface area contributed by atoms with Crippen molar-refractivity contribution in [2.24, 2.45) is 0 Å². The van der Waals surface area contributed by atoms with Crippen molar-refractivity contribution in [1.29, 1.82) is 0 Å². The maximum absolute atomic E-state index is 13.6. The van der Waals surface area contributed by atoms with Crippen LogP contribution in [0.5, 0.6) is 0 Å². The molecular weight excluding hydrogens is 350 g/mol. The summed E-state index contributed by atoms with van der Waals surface area (Å²) in [7, 11) is -4.56. The van der Waals surface area contributed by atoms with E-state index in [1.807, 2.05) is 0 Å². The van der Waals surface area contributed by atoms with Gasteiger partial charge in [0.25, 0.3) is 0 Å². The topological polar surface area (TPSA) is 110 Å². The van der Waals surface area contributed by atoms with E-state index in [2.05, 4.69) is 4.74 Å². The molecule has 0 fully saturated rings. The first-order chi connectivity index (χ1) is 10.5. The van der Waals surface area contributed by atoms with Crippen molar-refractivity contribution in [1.82, 2.24) is 0 Å². The Balaban J connectivity index is 3.20. The summed E-state index contributed by atoms with van der Waals surface area (Å²) in [5.74, 6) is -11.3. The highest BCUT2D eigenvalue weighted by Crippen LogP contribution is 2.30. The van der Waals surface area contributed by atoms with E-state index in [1.54, 1.807) is 0 Å². The molecule has 0 bridgehead atoms. The molecule has 0 saturated carbocycles. The Hall–Kier alpha value is -2.21. The summed E-state index contributed by atoms with van der Waals surface area (Å²) in [6.45, 7) is 0. The lowest BCUT2D eigenvalue weighted by Crippen LogP contribution is -2.19. The molecule has 1 rings (SSSR count). The lowest BCUT2D eigenvalue weighted by Gasteiger charge is -2.11. The number of anilines is 1. The van der Waals surface area contributed by atoms with Crippen molar-refractivity contribution in [2.75, 3.05) is 12.4 Å². The molecule has 0 aliphatic rings. The number of amides is 1. The van der Waals surface area contributed by atoms with E-state index in [0.717, 1.165) is 7.11 Å². The second kappa shape index (κ2) is 6.91. The highest BCUT2D eigenvalue weighted by Gasteiger charge is 2.32. The van der Waals surface area contributed by atoms with Crippen LogP contribution < -0.4 is 5.32 Å². The van der Waals surface area contributed by atoms with Gasteiger partial charge in [0, 0.05) is 6.42 Å². The van der Waals surface area contributed by atoms with Crippen LogP contribution in [0.15, 0.2) is 4.90 Å². The van der Waals surface area contributed by atoms with Crippen LogP contribution in [0, 0.1) is 23.3 Å². The van der Waals surface area contributed by atoms with Crippen molar-refractivity contribution in [3.05, 3.63) is 23.3 Å². The number of hydrogen-bond acceptors (Lipinski definition) is 5. The molecule has 1 aromatic rings. The van der Waals surface area contributed by atoms with E-state index in [9.17, 15) is 35.6 Å². The van der Waals surface area contributed by atoms with Crippen molar-refractivity contribution in [2.45, 2.75) is 17.7 Å². The molecule has 0 radical (unpaired) electrons. The van der Waals surface area contributed by atoms with Crippen LogP contribution in [0.25, 0.3) is 0 Å². The van der Waals surface area contributed by atoms with Gasteiger partial charge in [0.05, 0.1) is 13.5 Å². The van der Waals surface area contributed by atoms with Crippen LogP contribution in [-0.4, -0.2) is 32.0 Å². The van der Waals surface area contributed by atoms with Crippen LogP contribution in [0.2, 0.25) is 0 Å². The summed E-state index contributed by atoms with van der Waals surface area (Å²) >= 11 is 0. The molecular formula is C11H9F4NO6S. The molecule has 0 aromatic heterocycles. The second-order valence-corrected chi connectivity index (χ2v) is 5.42. The minimum absolute atomic E-state index is 0.473. The van der Waals surface area contributed by atoms with Gasteiger partial charge in [-0.1, -0.05) is 0 Å². The van der Waals surface area contributed by atoms with Crippen LogP contribution in [0.4, 0.5) is 23.2 Å². The third kappa shape index (κ3) is 4.16. The minimum Gasteiger partial charge on any atom is -0.469 e. The Morgan fingerprint density at radius 1 is 1.04 bits per heavy atom. The molecule has 23 heavy (non-hydrogen) atoms. The Kier molecular flexibility index (Phi) is 5.66. The number of esters is 1. The molecule has 2 N–H and O–H groups in total. The number of benzene rings is 1. The SMILES string of the molecule is COC(=O)CCC(=O)Nc1c(F)c(F)c(S(=O)(=O)O)c(F)c1F. The molecule has 0 heterocycles. The quantitative estimate of drug-likeness (QED) is 0.356. The zero-order valence-electron chi connectivity index (χ0n) is 11.3. The molecule has 0 unspecified atom stereocenters. The highest BCUT2D eigenvalue weighted by molar-refractivity contribution is 7.85. The van der Waals surface area contributed by atoms with Crippen molar-refractivity contribution in [3.8, 4) is 0 Å². The Morgan fingerprint density at radius 2 is 1.52 bits per heavy atom. The van der Waals surface area contributed by atoms with Gasteiger partial charge >= 0.3 is 16.1 Å². The van der Waals surface area contributed by atoms with E-state index in [1.165, 1.54) is 5.32 Å². The largest absolute Gasteiger partial charge is 0.469 e. The van der Waals surface area contributed by atoms with Crippen molar-refractivity contribution in [3.63, 3.8) is 0 Å². The maximum Gasteiger partial charge on any atom is 0.306 e. The minimum atomic E-state index is -5.58. The van der Waals surface area contributed by atoms with Crippen LogP contribution >= 0.6 is 0 Å². The normalized spacial score (nSPS) is 11.2. The fourth-order valence-corrected chi connectivity index (χ4v) is 2.10. The summed E-state index contributed by atoms with van der Waals surface area (Å²) in [5, 5.41) is 1.47. The van der Waals surface area contributed by atoms with Gasteiger partial charge in [-0.3, -0.25) is 14.1 Å². The Morgan fingerprint density at radius 3 is 1.91 bits per heavy atom. The third-order valence-corrected chi connectivity index (χ3v) is 3.40. The number of halogens is 4. The summed E-state index contributed by atoms with van der Waals surface area (Å²) in [6, 6.07) is 0. The maximum atomic E-state index is 13.6. The van der Waals surface area contributed by atoms with Gasteiger partial charge in [-0.25, -0.2) is 17.6 Å². The van der Waals surface area contributed by atoms with Gasteiger partial charge in [-0.2, -0.15) is 8.42 Å².